The quantitative estimate of drug-likeness (QED) is 0.495. The maximum Gasteiger partial charge on any atom is 0.255 e. The van der Waals surface area contributed by atoms with E-state index in [-0.39, 0.29) is 5.91 Å². The number of hydrogen-bond acceptors (Lipinski definition) is 7. The van der Waals surface area contributed by atoms with Crippen molar-refractivity contribution in [2.24, 2.45) is 0 Å². The second kappa shape index (κ2) is 8.95. The van der Waals surface area contributed by atoms with Crippen molar-refractivity contribution in [1.82, 2.24) is 0 Å². The van der Waals surface area contributed by atoms with Crippen molar-refractivity contribution >= 4 is 23.0 Å². The van der Waals surface area contributed by atoms with Crippen molar-refractivity contribution in [3.63, 3.8) is 0 Å². The molecule has 1 amide bonds. The van der Waals surface area contributed by atoms with Gasteiger partial charge in [0.2, 0.25) is 0 Å². The summed E-state index contributed by atoms with van der Waals surface area (Å²) in [7, 11) is 0. The van der Waals surface area contributed by atoms with Crippen LogP contribution in [0.25, 0.3) is 0 Å². The third kappa shape index (κ3) is 5.83. The van der Waals surface area contributed by atoms with E-state index in [1.807, 2.05) is 48.5 Å². The number of nitrogens with one attached hydrogen (secondary N) is 1. The number of rotatable bonds is 12. The lowest BCUT2D eigenvalue weighted by molar-refractivity contribution is 0.102. The molecule has 0 aliphatic carbocycles. The molecule has 4 saturated heterocycles. The molecule has 4 atom stereocenters. The average molecular weight is 452 g/mol. The van der Waals surface area contributed by atoms with Crippen molar-refractivity contribution in [1.29, 1.82) is 0 Å². The highest BCUT2D eigenvalue weighted by molar-refractivity contribution is 6.04. The molecule has 4 unspecified atom stereocenters. The van der Waals surface area contributed by atoms with Crippen LogP contribution < -0.4 is 15.1 Å². The van der Waals surface area contributed by atoms with E-state index in [0.29, 0.717) is 30.0 Å². The highest BCUT2D eigenvalue weighted by Gasteiger charge is 2.32. The van der Waals surface area contributed by atoms with Crippen LogP contribution in [0, 0.1) is 0 Å². The van der Waals surface area contributed by atoms with E-state index < -0.39 is 0 Å². The highest BCUT2D eigenvalue weighted by atomic mass is 16.6. The predicted octanol–water partition coefficient (Wildman–Crippen LogP) is 2.15. The Bertz CT molecular complexity index is 939. The molecule has 0 aromatic heterocycles. The second-order valence-electron chi connectivity index (χ2n) is 9.18. The summed E-state index contributed by atoms with van der Waals surface area (Å²) in [6, 6.07) is 15.7. The Hall–Kier alpha value is -2.65. The van der Waals surface area contributed by atoms with E-state index in [1.165, 1.54) is 0 Å². The third-order valence-corrected chi connectivity index (χ3v) is 6.29. The first-order valence-corrected chi connectivity index (χ1v) is 11.7. The first-order chi connectivity index (χ1) is 16.2. The van der Waals surface area contributed by atoms with Gasteiger partial charge in [-0.3, -0.25) is 4.79 Å². The second-order valence-corrected chi connectivity index (χ2v) is 9.18. The van der Waals surface area contributed by atoms with Crippen LogP contribution >= 0.6 is 0 Å². The van der Waals surface area contributed by atoms with Gasteiger partial charge in [-0.1, -0.05) is 0 Å². The Kier molecular flexibility index (Phi) is 5.67. The van der Waals surface area contributed by atoms with Gasteiger partial charge in [0.1, 0.15) is 0 Å². The van der Waals surface area contributed by atoms with Gasteiger partial charge in [-0.05, 0) is 48.5 Å². The number of hydrogen-bond donors (Lipinski definition) is 1. The number of benzene rings is 2. The first-order valence-electron chi connectivity index (χ1n) is 11.7. The van der Waals surface area contributed by atoms with Crippen LogP contribution in [0.15, 0.2) is 48.5 Å². The van der Waals surface area contributed by atoms with Crippen LogP contribution in [0.1, 0.15) is 10.4 Å². The van der Waals surface area contributed by atoms with Gasteiger partial charge < -0.3 is 34.1 Å². The van der Waals surface area contributed by atoms with Gasteiger partial charge in [0.05, 0.1) is 50.8 Å². The lowest BCUT2D eigenvalue weighted by Crippen LogP contribution is -2.31. The molecule has 6 rings (SSSR count). The molecule has 1 N–H and O–H groups in total. The van der Waals surface area contributed by atoms with Crippen molar-refractivity contribution in [2.45, 2.75) is 24.4 Å². The fourth-order valence-corrected chi connectivity index (χ4v) is 4.03. The van der Waals surface area contributed by atoms with Gasteiger partial charge >= 0.3 is 0 Å². The van der Waals surface area contributed by atoms with E-state index in [4.69, 9.17) is 18.9 Å². The minimum Gasteiger partial charge on any atom is -0.371 e. The monoisotopic (exact) mass is 451 g/mol. The number of carbonyl (C=O) groups is 1. The Morgan fingerprint density at radius 2 is 1.03 bits per heavy atom. The molecule has 8 heteroatoms. The lowest BCUT2D eigenvalue weighted by atomic mass is 10.1. The molecule has 2 aromatic rings. The molecule has 8 nitrogen and oxygen atoms in total. The van der Waals surface area contributed by atoms with Gasteiger partial charge in [-0.2, -0.15) is 0 Å². The van der Waals surface area contributed by atoms with Gasteiger partial charge in [-0.25, -0.2) is 0 Å². The lowest BCUT2D eigenvalue weighted by Gasteiger charge is -2.24. The molecule has 33 heavy (non-hydrogen) atoms. The number of epoxide rings is 4. The third-order valence-electron chi connectivity index (χ3n) is 6.29. The smallest absolute Gasteiger partial charge is 0.255 e. The number of ether oxygens (including phenoxy) is 4. The van der Waals surface area contributed by atoms with Crippen LogP contribution in [0.2, 0.25) is 0 Å². The first kappa shape index (κ1) is 20.9. The normalized spacial score (nSPS) is 26.4. The minimum absolute atomic E-state index is 0.119. The summed E-state index contributed by atoms with van der Waals surface area (Å²) in [4.78, 5) is 17.4. The molecular formula is C25H29N3O5. The summed E-state index contributed by atoms with van der Waals surface area (Å²) < 4.78 is 21.6. The molecular weight excluding hydrogens is 422 g/mol. The van der Waals surface area contributed by atoms with E-state index in [2.05, 4.69) is 15.1 Å². The van der Waals surface area contributed by atoms with Crippen molar-refractivity contribution in [3.05, 3.63) is 54.1 Å². The zero-order valence-corrected chi connectivity index (χ0v) is 18.5. The summed E-state index contributed by atoms with van der Waals surface area (Å²) in [5, 5.41) is 3.00. The van der Waals surface area contributed by atoms with E-state index >= 15 is 0 Å². The zero-order valence-electron chi connectivity index (χ0n) is 18.5. The molecule has 4 aliphatic rings. The Morgan fingerprint density at radius 1 is 0.667 bits per heavy atom. The van der Waals surface area contributed by atoms with Crippen LogP contribution in [-0.4, -0.2) is 82.9 Å². The minimum atomic E-state index is -0.119. The SMILES string of the molecule is O=C(Nc1ccc(N(CC2CO2)CC2CO2)cc1)c1ccc(N(CC2CO2)CC2CO2)cc1. The standard InChI is InChI=1S/C25H29N3O5/c29-25(17-1-5-19(6-2-17)27(9-21-13-30-21)10-22-14-31-22)26-18-3-7-20(8-4-18)28(11-23-15-32-23)12-24-16-33-24/h1-8,21-24H,9-16H2,(H,26,29). The zero-order chi connectivity index (χ0) is 22.2. The van der Waals surface area contributed by atoms with E-state index in [1.54, 1.807) is 0 Å². The van der Waals surface area contributed by atoms with Crippen molar-refractivity contribution < 1.29 is 23.7 Å². The van der Waals surface area contributed by atoms with Gasteiger partial charge in [0.15, 0.2) is 0 Å². The Morgan fingerprint density at radius 3 is 1.39 bits per heavy atom. The fraction of sp³-hybridized carbons (Fsp3) is 0.480. The summed E-state index contributed by atoms with van der Waals surface area (Å²) in [6.45, 7) is 6.75. The number of amides is 1. The maximum absolute atomic E-state index is 12.8. The molecule has 0 saturated carbocycles. The maximum atomic E-state index is 12.8. The molecule has 4 fully saturated rings. The average Bonchev–Trinajstić information content (AvgIpc) is 3.65. The molecule has 4 heterocycles. The fourth-order valence-electron chi connectivity index (χ4n) is 4.03. The summed E-state index contributed by atoms with van der Waals surface area (Å²) in [6.07, 6.45) is 1.24. The van der Waals surface area contributed by atoms with Crippen LogP contribution in [0.4, 0.5) is 17.1 Å². The number of nitrogens with zero attached hydrogens (tertiary/aromatic N) is 2. The van der Waals surface area contributed by atoms with Crippen LogP contribution in [-0.2, 0) is 18.9 Å². The molecule has 0 radical (unpaired) electrons. The highest BCUT2D eigenvalue weighted by Crippen LogP contribution is 2.25. The number of carbonyl (C=O) groups excluding carboxylic acids is 1. The predicted molar refractivity (Wildman–Crippen MR) is 124 cm³/mol. The van der Waals surface area contributed by atoms with Gasteiger partial charge in [-0.15, -0.1) is 0 Å². The topological polar surface area (TPSA) is 85.7 Å². The Balaban J connectivity index is 1.07. The van der Waals surface area contributed by atoms with Crippen LogP contribution in [0.3, 0.4) is 0 Å². The molecule has 4 aliphatic heterocycles. The largest absolute Gasteiger partial charge is 0.371 e. The van der Waals surface area contributed by atoms with Crippen molar-refractivity contribution in [2.75, 3.05) is 67.7 Å². The molecule has 0 spiro atoms. The van der Waals surface area contributed by atoms with Gasteiger partial charge in [0.25, 0.3) is 5.91 Å². The summed E-state index contributed by atoms with van der Waals surface area (Å²) in [5.41, 5.74) is 3.60. The molecule has 174 valence electrons. The molecule has 2 aromatic carbocycles. The number of anilines is 3. The van der Waals surface area contributed by atoms with Crippen molar-refractivity contribution in [3.8, 4) is 0 Å². The summed E-state index contributed by atoms with van der Waals surface area (Å²) >= 11 is 0. The van der Waals surface area contributed by atoms with E-state index in [0.717, 1.165) is 69.7 Å². The Labute approximate surface area is 193 Å². The molecule has 0 bridgehead atoms. The van der Waals surface area contributed by atoms with Gasteiger partial charge in [0, 0.05) is 48.8 Å². The van der Waals surface area contributed by atoms with Crippen LogP contribution in [0.5, 0.6) is 0 Å². The van der Waals surface area contributed by atoms with E-state index in [9.17, 15) is 4.79 Å². The summed E-state index contributed by atoms with van der Waals surface area (Å²) in [5.74, 6) is -0.119.